The van der Waals surface area contributed by atoms with Gasteiger partial charge < -0.3 is 47.3 Å². The van der Waals surface area contributed by atoms with Crippen molar-refractivity contribution in [1.82, 2.24) is 19.9 Å². The molecule has 0 saturated carbocycles. The lowest BCUT2D eigenvalue weighted by Crippen LogP contribution is -2.24. The molecule has 8 N–H and O–H groups in total. The number of nitrogens with one attached hydrogen (secondary N) is 8. The lowest BCUT2D eigenvalue weighted by Gasteiger charge is -2.19. The molecule has 0 radical (unpaired) electrons. The molecule has 0 unspecified atom stereocenters. The fourth-order valence-electron chi connectivity index (χ4n) is 6.63. The molecule has 0 aliphatic heterocycles. The number of hydrogen-bond donors (Lipinski definition) is 8. The van der Waals surface area contributed by atoms with Crippen LogP contribution in [-0.2, 0) is 23.9 Å². The van der Waals surface area contributed by atoms with Gasteiger partial charge in [-0.05, 0) is 125 Å². The van der Waals surface area contributed by atoms with Crippen LogP contribution in [0.25, 0.3) is 0 Å². The number of nitriles is 2. The first-order valence-corrected chi connectivity index (χ1v) is 24.5. The minimum Gasteiger partial charge on any atom is -0.460 e. The summed E-state index contributed by atoms with van der Waals surface area (Å²) in [5, 5.41) is 41.4. The summed E-state index contributed by atoms with van der Waals surface area (Å²) >= 11 is 0. The highest BCUT2D eigenvalue weighted by atomic mass is 16.6. The van der Waals surface area contributed by atoms with E-state index in [2.05, 4.69) is 81.2 Å². The summed E-state index contributed by atoms with van der Waals surface area (Å²) in [6.07, 6.45) is 5.73. The van der Waals surface area contributed by atoms with E-state index < -0.39 is 23.4 Å². The largest absolute Gasteiger partial charge is 0.460 e. The molecule has 4 amide bonds. The third-order valence-electron chi connectivity index (χ3n) is 10.3. The van der Waals surface area contributed by atoms with E-state index in [1.165, 1.54) is 18.5 Å². The summed E-state index contributed by atoms with van der Waals surface area (Å²) in [6, 6.07) is 31.2. The predicted octanol–water partition coefficient (Wildman–Crippen LogP) is 11.5. The van der Waals surface area contributed by atoms with Gasteiger partial charge in [0.25, 0.3) is 11.8 Å². The highest BCUT2D eigenvalue weighted by Crippen LogP contribution is 2.24. The summed E-state index contributed by atoms with van der Waals surface area (Å²) in [6.45, 7) is 13.9. The number of nitrogens with zero attached hydrogens (tertiary/aromatic N) is 6. The third-order valence-corrected chi connectivity index (χ3v) is 10.3. The van der Waals surface area contributed by atoms with Gasteiger partial charge in [0.05, 0.1) is 29.7 Å². The van der Waals surface area contributed by atoms with E-state index in [1.807, 2.05) is 13.8 Å². The van der Waals surface area contributed by atoms with Gasteiger partial charge in [0, 0.05) is 90.7 Å². The van der Waals surface area contributed by atoms with Gasteiger partial charge in [-0.15, -0.1) is 0 Å². The van der Waals surface area contributed by atoms with Crippen LogP contribution in [0.4, 0.5) is 57.7 Å². The lowest BCUT2D eigenvalue weighted by atomic mass is 10.2. The summed E-state index contributed by atoms with van der Waals surface area (Å²) in [7, 11) is 0. The van der Waals surface area contributed by atoms with Gasteiger partial charge in [0.2, 0.25) is 23.7 Å². The van der Waals surface area contributed by atoms with Crippen molar-refractivity contribution in [2.75, 3.05) is 55.6 Å². The van der Waals surface area contributed by atoms with Crippen LogP contribution in [0.5, 0.6) is 0 Å². The van der Waals surface area contributed by atoms with Crippen molar-refractivity contribution in [3.8, 4) is 12.1 Å². The van der Waals surface area contributed by atoms with Crippen LogP contribution in [0.15, 0.2) is 122 Å². The van der Waals surface area contributed by atoms with Crippen molar-refractivity contribution in [1.29, 1.82) is 10.5 Å². The zero-order valence-electron chi connectivity index (χ0n) is 51.4. The number of carbonyl (C=O) groups excluding carboxylic acids is 6. The Bertz CT molecular complexity index is 3180. The standard InChI is InChI=1S/C29H33N7O4.C27H27N7O3.CH4.4H2/c1-5-15-31-26-23(18-32-28(36-26)35-20-11-9-19(17-30)10-12-20)27(39)34-22-8-6-7-21(16-22)33-24(37)13-14-25(38)40-29(2,3)4;1-3-14-29-25-23(17-30-27(34-25)33-19-10-8-18(16-28)9-11-19)26(37)32-21-7-5-6-20(15-21)31-24(36)13-12-22(35)4-2;;;;;/h6-12,16,18H,5,13-15H2,1-4H3,(H,33,37)(H,34,39)(H2,31,32,35,36);4-11,15,17H,2-3,12-14H2,1H3,(H,31,36)(H,32,37)(H2,29,30,33,34);1H4;4*1H/i;;;4*1+1D. The average molecular weight is 1070 g/mol. The van der Waals surface area contributed by atoms with E-state index in [-0.39, 0.29) is 67.8 Å². The van der Waals surface area contributed by atoms with Crippen LogP contribution < -0.4 is 42.5 Å². The third kappa shape index (κ3) is 20.4. The maximum absolute atomic E-state index is 13.1. The smallest absolute Gasteiger partial charge is 0.306 e. The van der Waals surface area contributed by atoms with Crippen molar-refractivity contribution in [2.24, 2.45) is 0 Å². The minimum atomic E-state index is -0.612. The monoisotopic (exact) mass is 1070 g/mol. The second-order valence-corrected chi connectivity index (χ2v) is 17.8. The normalized spacial score (nSPS) is 10.7. The zero-order valence-corrected chi connectivity index (χ0v) is 43.4. The Balaban J connectivity index is 0.00000149. The van der Waals surface area contributed by atoms with Gasteiger partial charge >= 0.3 is 5.97 Å². The fraction of sp³-hybridized carbons (Fsp3) is 0.263. The number of hydrogen-bond acceptors (Lipinski definition) is 17. The quantitative estimate of drug-likeness (QED) is 0.0218. The fourth-order valence-corrected chi connectivity index (χ4v) is 6.63. The Hall–Kier alpha value is -10.0. The first-order chi connectivity index (χ1) is 41.0. The van der Waals surface area contributed by atoms with Gasteiger partial charge in [-0.25, -0.2) is 9.97 Å². The van der Waals surface area contributed by atoms with E-state index in [1.54, 1.807) is 118 Å². The molecular formula is C57H72N14O7. The van der Waals surface area contributed by atoms with Crippen molar-refractivity contribution in [3.63, 3.8) is 0 Å². The molecule has 0 atom stereocenters. The Labute approximate surface area is 466 Å². The van der Waals surface area contributed by atoms with Crippen LogP contribution in [0, 0.1) is 22.7 Å². The number of anilines is 10. The topological polar surface area (TPSA) is 307 Å². The molecule has 4 aromatic carbocycles. The summed E-state index contributed by atoms with van der Waals surface area (Å²) in [5.41, 5.74) is 4.21. The van der Waals surface area contributed by atoms with E-state index >= 15 is 0 Å². The van der Waals surface area contributed by atoms with Crippen LogP contribution in [0.3, 0.4) is 0 Å². The molecule has 0 fully saturated rings. The first kappa shape index (κ1) is 54.2. The first-order valence-electron chi connectivity index (χ1n) is 28.5. The highest BCUT2D eigenvalue weighted by Gasteiger charge is 2.20. The Morgan fingerprint density at radius 1 is 0.603 bits per heavy atom. The maximum Gasteiger partial charge on any atom is 0.306 e. The van der Waals surface area contributed by atoms with Crippen LogP contribution in [0.2, 0.25) is 0 Å². The molecule has 0 aliphatic carbocycles. The van der Waals surface area contributed by atoms with Gasteiger partial charge in [-0.2, -0.15) is 20.5 Å². The highest BCUT2D eigenvalue weighted by molar-refractivity contribution is 6.08. The van der Waals surface area contributed by atoms with Crippen LogP contribution in [0.1, 0.15) is 124 Å². The van der Waals surface area contributed by atoms with E-state index in [9.17, 15) is 28.8 Å². The molecule has 21 nitrogen and oxygen atoms in total. The van der Waals surface area contributed by atoms with Crippen LogP contribution in [-0.4, -0.2) is 74.0 Å². The van der Waals surface area contributed by atoms with Gasteiger partial charge in [0.1, 0.15) is 28.4 Å². The van der Waals surface area contributed by atoms with Gasteiger partial charge in [0.15, 0.2) is 5.78 Å². The summed E-state index contributed by atoms with van der Waals surface area (Å²) in [4.78, 5) is 91.3. The van der Waals surface area contributed by atoms with Crippen molar-refractivity contribution < 1.29 is 45.4 Å². The van der Waals surface area contributed by atoms with E-state index in [4.69, 9.17) is 27.1 Å². The van der Waals surface area contributed by atoms with Crippen molar-refractivity contribution in [2.45, 2.75) is 86.2 Å². The summed E-state index contributed by atoms with van der Waals surface area (Å²) in [5.74, 6) is -0.877. The second-order valence-electron chi connectivity index (χ2n) is 17.8. The molecule has 78 heavy (non-hydrogen) atoms. The Morgan fingerprint density at radius 2 is 1.00 bits per heavy atom. The van der Waals surface area contributed by atoms with Gasteiger partial charge in [-0.3, -0.25) is 28.8 Å². The predicted molar refractivity (Wildman–Crippen MR) is 311 cm³/mol. The number of allylic oxidation sites excluding steroid dienone is 1. The molecule has 0 spiro atoms. The molecule has 0 saturated heterocycles. The molecule has 0 bridgehead atoms. The van der Waals surface area contributed by atoms with E-state index in [0.717, 1.165) is 12.8 Å². The molecule has 2 aromatic heterocycles. The minimum absolute atomic E-state index is 0. The molecule has 0 aliphatic rings. The zero-order chi connectivity index (χ0) is 63.7. The molecule has 6 aromatic rings. The SMILES string of the molecule is C.C=CC(=O)CCC(=O)Nc1cccc(NC(=O)c2cnc(Nc3ccc(C#N)cc3)nc2NCCC)c1.CCCNc1nc(Nc2ccc(C#N)cc2)ncc1C(=O)Nc1cccc(NC(=O)CCC(=O)OC(C)(C)C)c1.[2H][2H].[2H][2H].[2H][2H].[2H][2H]. The molecule has 412 valence electrons. The number of ether oxygens (including phenoxy) is 1. The lowest BCUT2D eigenvalue weighted by molar-refractivity contribution is -0.155. The number of ketones is 1. The molecule has 21 heteroatoms. The molecule has 6 rings (SSSR count). The maximum atomic E-state index is 13.1. The molecular weight excluding hydrogens is 993 g/mol. The Morgan fingerprint density at radius 3 is 1.37 bits per heavy atom. The average Bonchev–Trinajstić information content (AvgIpc) is 2.24. The number of esters is 1. The Kier molecular flexibility index (Phi) is 21.1. The number of carbonyl (C=O) groups is 6. The number of amides is 4. The second kappa shape index (κ2) is 30.4. The van der Waals surface area contributed by atoms with E-state index in [0.29, 0.717) is 75.9 Å². The van der Waals surface area contributed by atoms with Gasteiger partial charge in [-0.1, -0.05) is 40.0 Å². The molecule has 2 heterocycles. The number of aromatic nitrogens is 4. The summed E-state index contributed by atoms with van der Waals surface area (Å²) < 4.78 is 45.2. The number of benzene rings is 4. The van der Waals surface area contributed by atoms with Crippen molar-refractivity contribution in [3.05, 3.63) is 144 Å². The number of rotatable bonds is 23. The van der Waals surface area contributed by atoms with Crippen molar-refractivity contribution >= 4 is 93.0 Å². The van der Waals surface area contributed by atoms with Crippen LogP contribution >= 0.6 is 0 Å².